The van der Waals surface area contributed by atoms with E-state index in [1.54, 1.807) is 12.1 Å². The smallest absolute Gasteiger partial charge is 0.291 e. The van der Waals surface area contributed by atoms with Crippen LogP contribution in [0, 0.1) is 11.8 Å². The largest absolute Gasteiger partial charge is 0.320 e. The number of carbonyl (C=O) groups excluding carboxylic acids is 3. The molecule has 0 saturated carbocycles. The van der Waals surface area contributed by atoms with Crippen LogP contribution in [0.1, 0.15) is 30.9 Å². The molecule has 3 saturated heterocycles. The van der Waals surface area contributed by atoms with Crippen molar-refractivity contribution >= 4 is 29.1 Å². The number of nitrogens with one attached hydrogen (secondary N) is 2. The lowest BCUT2D eigenvalue weighted by Gasteiger charge is -2.33. The zero-order valence-corrected chi connectivity index (χ0v) is 16.9. The van der Waals surface area contributed by atoms with Gasteiger partial charge in [0.1, 0.15) is 17.9 Å². The van der Waals surface area contributed by atoms with Crippen LogP contribution in [0.2, 0.25) is 0 Å². The Bertz CT molecular complexity index is 1100. The second-order valence-electron chi connectivity index (χ2n) is 8.83. The van der Waals surface area contributed by atoms with Gasteiger partial charge in [0.2, 0.25) is 17.4 Å². The van der Waals surface area contributed by atoms with Crippen molar-refractivity contribution in [3.63, 3.8) is 0 Å². The van der Waals surface area contributed by atoms with Gasteiger partial charge in [0.05, 0.1) is 17.9 Å². The van der Waals surface area contributed by atoms with E-state index in [4.69, 9.17) is 0 Å². The molecular weight excluding hydrogens is 378 g/mol. The van der Waals surface area contributed by atoms with E-state index in [0.717, 1.165) is 47.5 Å². The minimum Gasteiger partial charge on any atom is -0.320 e. The van der Waals surface area contributed by atoms with E-state index >= 15 is 0 Å². The molecule has 0 aliphatic carbocycles. The van der Waals surface area contributed by atoms with Gasteiger partial charge < -0.3 is 10.2 Å². The molecule has 0 radical (unpaired) electrons. The molecule has 1 spiro atoms. The molecule has 5 atom stereocenters. The summed E-state index contributed by atoms with van der Waals surface area (Å²) in [7, 11) is 0. The average molecular weight is 402 g/mol. The van der Waals surface area contributed by atoms with E-state index in [1.807, 2.05) is 36.4 Å². The summed E-state index contributed by atoms with van der Waals surface area (Å²) in [6.45, 7) is 2.88. The number of para-hydroxylation sites is 2. The van der Waals surface area contributed by atoms with E-state index in [9.17, 15) is 14.4 Å². The second-order valence-corrected chi connectivity index (χ2v) is 8.83. The topological polar surface area (TPSA) is 70.9 Å². The van der Waals surface area contributed by atoms with Crippen molar-refractivity contribution < 1.29 is 19.3 Å². The number of nitrogens with zero attached hydrogens (tertiary/aromatic N) is 1. The predicted molar refractivity (Wildman–Crippen MR) is 111 cm³/mol. The van der Waals surface area contributed by atoms with Crippen molar-refractivity contribution in [1.29, 1.82) is 0 Å². The molecule has 6 nitrogen and oxygen atoms in total. The number of quaternary nitrogens is 1. The molecule has 2 N–H and O–H groups in total. The number of imide groups is 1. The summed E-state index contributed by atoms with van der Waals surface area (Å²) in [5.41, 5.74) is 2.41. The van der Waals surface area contributed by atoms with Crippen LogP contribution >= 0.6 is 0 Å². The highest BCUT2D eigenvalue weighted by molar-refractivity contribution is 6.25. The number of rotatable bonds is 2. The summed E-state index contributed by atoms with van der Waals surface area (Å²) in [5, 5.41) is 3.12. The highest BCUT2D eigenvalue weighted by Crippen LogP contribution is 2.52. The predicted octanol–water partition coefficient (Wildman–Crippen LogP) is 1.26. The third-order valence-electron chi connectivity index (χ3n) is 7.73. The van der Waals surface area contributed by atoms with Crippen molar-refractivity contribution in [1.82, 2.24) is 0 Å². The number of aryl methyl sites for hydroxylation is 1. The summed E-state index contributed by atoms with van der Waals surface area (Å²) in [6.07, 6.45) is 2.64. The Labute approximate surface area is 174 Å². The molecule has 2 aromatic rings. The van der Waals surface area contributed by atoms with Gasteiger partial charge >= 0.3 is 0 Å². The van der Waals surface area contributed by atoms with Crippen LogP contribution < -0.4 is 15.1 Å². The van der Waals surface area contributed by atoms with E-state index in [0.29, 0.717) is 5.69 Å². The fourth-order valence-corrected chi connectivity index (χ4v) is 6.67. The summed E-state index contributed by atoms with van der Waals surface area (Å²) in [5.74, 6) is -1.60. The maximum Gasteiger partial charge on any atom is 0.291 e. The van der Waals surface area contributed by atoms with Gasteiger partial charge in [-0.25, -0.2) is 4.90 Å². The lowest BCUT2D eigenvalue weighted by molar-refractivity contribution is -0.948. The Hall–Kier alpha value is -2.99. The first-order valence-corrected chi connectivity index (χ1v) is 10.8. The second kappa shape index (κ2) is 6.01. The minimum atomic E-state index is -1.01. The van der Waals surface area contributed by atoms with Crippen molar-refractivity contribution in [3.8, 4) is 0 Å². The fraction of sp³-hybridized carbons (Fsp3) is 0.375. The molecule has 4 aliphatic heterocycles. The number of hydrogen-bond acceptors (Lipinski definition) is 3. The van der Waals surface area contributed by atoms with E-state index in [2.05, 4.69) is 12.2 Å². The first kappa shape index (κ1) is 17.8. The average Bonchev–Trinajstić information content (AvgIpc) is 3.46. The molecule has 152 valence electrons. The summed E-state index contributed by atoms with van der Waals surface area (Å²) in [6, 6.07) is 15.1. The van der Waals surface area contributed by atoms with Gasteiger partial charge in [0, 0.05) is 18.4 Å². The lowest BCUT2D eigenvalue weighted by atomic mass is 9.75. The van der Waals surface area contributed by atoms with Crippen LogP contribution in [-0.2, 0) is 26.3 Å². The Kier molecular flexibility index (Phi) is 3.58. The third-order valence-corrected chi connectivity index (χ3v) is 7.73. The number of fused-ring (bicyclic) bond motifs is 7. The molecule has 0 bridgehead atoms. The zero-order chi connectivity index (χ0) is 20.6. The van der Waals surface area contributed by atoms with E-state index < -0.39 is 17.4 Å². The standard InChI is InChI=1S/C24H23N3O3/c1-2-14-8-6-11-16-20(14)25-23(30)24(16)19-18(17-12-7-13-26(17)24)21(28)27(22(19)29)15-9-4-3-5-10-15/h3-6,8-11,17-19H,2,7,12-13H2,1H3,(H,25,30)/p+1/t17-,18+,19-,24+/m0/s1. The van der Waals surface area contributed by atoms with Crippen molar-refractivity contribution in [3.05, 3.63) is 59.7 Å². The fourth-order valence-electron chi connectivity index (χ4n) is 6.67. The molecule has 30 heavy (non-hydrogen) atoms. The first-order valence-electron chi connectivity index (χ1n) is 10.8. The summed E-state index contributed by atoms with van der Waals surface area (Å²) < 4.78 is 0. The normalized spacial score (nSPS) is 33.8. The van der Waals surface area contributed by atoms with Gasteiger partial charge in [0.15, 0.2) is 0 Å². The number of hydrogen-bond donors (Lipinski definition) is 2. The molecule has 0 aromatic heterocycles. The van der Waals surface area contributed by atoms with Crippen LogP contribution in [0.3, 0.4) is 0 Å². The number of carbonyl (C=O) groups is 3. The molecule has 6 rings (SSSR count). The Morgan fingerprint density at radius 2 is 1.87 bits per heavy atom. The molecule has 3 amide bonds. The lowest BCUT2D eigenvalue weighted by Crippen LogP contribution is -3.19. The van der Waals surface area contributed by atoms with Gasteiger partial charge in [0.25, 0.3) is 5.91 Å². The molecule has 4 heterocycles. The maximum atomic E-state index is 13.8. The number of benzene rings is 2. The van der Waals surface area contributed by atoms with Crippen LogP contribution in [0.5, 0.6) is 0 Å². The molecule has 2 aromatic carbocycles. The van der Waals surface area contributed by atoms with Crippen molar-refractivity contribution in [2.45, 2.75) is 37.8 Å². The quantitative estimate of drug-likeness (QED) is 0.743. The third kappa shape index (κ3) is 1.90. The molecule has 3 fully saturated rings. The van der Waals surface area contributed by atoms with Crippen molar-refractivity contribution in [2.24, 2.45) is 11.8 Å². The highest BCUT2D eigenvalue weighted by atomic mass is 16.2. The molecular formula is C24H24N3O3+. The summed E-state index contributed by atoms with van der Waals surface area (Å²) >= 11 is 0. The van der Waals surface area contributed by atoms with E-state index in [-0.39, 0.29) is 23.8 Å². The maximum absolute atomic E-state index is 13.8. The number of amides is 3. The Morgan fingerprint density at radius 3 is 2.63 bits per heavy atom. The van der Waals surface area contributed by atoms with Gasteiger partial charge in [-0.3, -0.25) is 14.4 Å². The van der Waals surface area contributed by atoms with Gasteiger partial charge in [-0.15, -0.1) is 0 Å². The monoisotopic (exact) mass is 402 g/mol. The Morgan fingerprint density at radius 1 is 1.07 bits per heavy atom. The molecule has 6 heteroatoms. The van der Waals surface area contributed by atoms with Crippen LogP contribution in [0.4, 0.5) is 11.4 Å². The molecule has 4 aliphatic rings. The highest BCUT2D eigenvalue weighted by Gasteiger charge is 2.78. The van der Waals surface area contributed by atoms with Crippen molar-refractivity contribution in [2.75, 3.05) is 16.8 Å². The van der Waals surface area contributed by atoms with E-state index in [1.165, 1.54) is 4.90 Å². The minimum absolute atomic E-state index is 0.00199. The van der Waals surface area contributed by atoms with Crippen LogP contribution in [0.15, 0.2) is 48.5 Å². The zero-order valence-electron chi connectivity index (χ0n) is 16.9. The Balaban J connectivity index is 1.58. The first-order chi connectivity index (χ1) is 14.6. The SMILES string of the molecule is CCc1cccc2c1NC(=O)[C@]21[C@@H]2C(=O)N(c3ccccc3)C(=O)[C@@H]2[C@@H]2CCC[NH+]21. The molecule has 1 unspecified atom stereocenters. The summed E-state index contributed by atoms with van der Waals surface area (Å²) in [4.78, 5) is 43.5. The van der Waals surface area contributed by atoms with Crippen LogP contribution in [0.25, 0.3) is 0 Å². The number of anilines is 2. The van der Waals surface area contributed by atoms with Gasteiger partial charge in [-0.1, -0.05) is 43.3 Å². The van der Waals surface area contributed by atoms with Gasteiger partial charge in [-0.2, -0.15) is 0 Å². The van der Waals surface area contributed by atoms with Crippen LogP contribution in [-0.4, -0.2) is 30.3 Å². The van der Waals surface area contributed by atoms with Gasteiger partial charge in [-0.05, 0) is 24.1 Å².